The number of ether oxygens (including phenoxy) is 1. The van der Waals surface area contributed by atoms with Crippen LogP contribution in [0.5, 0.6) is 0 Å². The molecule has 6 nitrogen and oxygen atoms in total. The molecule has 1 N–H and O–H groups in total. The van der Waals surface area contributed by atoms with Crippen molar-refractivity contribution >= 4 is 17.1 Å². The summed E-state index contributed by atoms with van der Waals surface area (Å²) < 4.78 is 5.30. The van der Waals surface area contributed by atoms with Gasteiger partial charge < -0.3 is 14.6 Å². The van der Waals surface area contributed by atoms with Gasteiger partial charge in [-0.1, -0.05) is 19.1 Å². The van der Waals surface area contributed by atoms with Crippen LogP contribution in [0.25, 0.3) is 22.3 Å². The predicted octanol–water partition coefficient (Wildman–Crippen LogP) is 2.66. The maximum absolute atomic E-state index is 12.5. The number of imidazole rings is 1. The molecule has 25 heavy (non-hydrogen) atoms. The second kappa shape index (κ2) is 6.64. The molecule has 0 unspecified atom stereocenters. The fourth-order valence-corrected chi connectivity index (χ4v) is 3.03. The van der Waals surface area contributed by atoms with Gasteiger partial charge in [0.15, 0.2) is 5.65 Å². The Morgan fingerprint density at radius 1 is 1.20 bits per heavy atom. The van der Waals surface area contributed by atoms with E-state index in [4.69, 9.17) is 4.74 Å². The number of hydrogen-bond acceptors (Lipinski definition) is 4. The van der Waals surface area contributed by atoms with Crippen molar-refractivity contribution in [3.63, 3.8) is 0 Å². The van der Waals surface area contributed by atoms with Crippen LogP contribution in [-0.2, 0) is 11.2 Å². The fraction of sp³-hybridized carbons (Fsp3) is 0.316. The van der Waals surface area contributed by atoms with E-state index in [1.54, 1.807) is 0 Å². The molecule has 0 spiro atoms. The van der Waals surface area contributed by atoms with Crippen molar-refractivity contribution in [3.05, 3.63) is 47.9 Å². The highest BCUT2D eigenvalue weighted by atomic mass is 16.5. The van der Waals surface area contributed by atoms with Crippen LogP contribution in [0.4, 0.5) is 0 Å². The van der Waals surface area contributed by atoms with Crippen molar-refractivity contribution in [1.82, 2.24) is 19.9 Å². The molecule has 0 atom stereocenters. The number of aryl methyl sites for hydroxylation is 1. The van der Waals surface area contributed by atoms with Gasteiger partial charge in [0.1, 0.15) is 5.82 Å². The summed E-state index contributed by atoms with van der Waals surface area (Å²) in [7, 11) is 0. The van der Waals surface area contributed by atoms with Crippen LogP contribution in [0.15, 0.2) is 36.5 Å². The zero-order valence-electron chi connectivity index (χ0n) is 14.2. The monoisotopic (exact) mass is 336 g/mol. The number of fused-ring (bicyclic) bond motifs is 1. The number of morpholine rings is 1. The minimum atomic E-state index is 0.0598. The Kier molecular flexibility index (Phi) is 4.19. The molecule has 1 aromatic carbocycles. The molecule has 0 bridgehead atoms. The van der Waals surface area contributed by atoms with E-state index in [1.165, 1.54) is 0 Å². The Balaban J connectivity index is 1.58. The number of amides is 1. The van der Waals surface area contributed by atoms with Gasteiger partial charge in [-0.3, -0.25) is 4.79 Å². The van der Waals surface area contributed by atoms with E-state index in [9.17, 15) is 4.79 Å². The molecule has 2 aromatic heterocycles. The Morgan fingerprint density at radius 3 is 2.68 bits per heavy atom. The third kappa shape index (κ3) is 3.13. The number of hydrogen-bond donors (Lipinski definition) is 1. The number of benzene rings is 1. The van der Waals surface area contributed by atoms with E-state index in [2.05, 4.69) is 21.9 Å². The van der Waals surface area contributed by atoms with Crippen LogP contribution in [0.3, 0.4) is 0 Å². The zero-order valence-corrected chi connectivity index (χ0v) is 14.2. The Labute approximate surface area is 145 Å². The van der Waals surface area contributed by atoms with Crippen LogP contribution in [0.2, 0.25) is 0 Å². The van der Waals surface area contributed by atoms with Gasteiger partial charge in [0.25, 0.3) is 5.91 Å². The molecule has 1 aliphatic heterocycles. The molecule has 1 aliphatic rings. The van der Waals surface area contributed by atoms with Crippen molar-refractivity contribution in [2.75, 3.05) is 26.3 Å². The Hall–Kier alpha value is -2.73. The van der Waals surface area contributed by atoms with Crippen LogP contribution in [-0.4, -0.2) is 52.1 Å². The number of carbonyl (C=O) groups excluding carboxylic acids is 1. The maximum atomic E-state index is 12.5. The normalized spacial score (nSPS) is 14.8. The molecule has 1 amide bonds. The zero-order chi connectivity index (χ0) is 17.2. The largest absolute Gasteiger partial charge is 0.378 e. The highest BCUT2D eigenvalue weighted by Gasteiger charge is 2.18. The SMILES string of the molecule is CCc1nc2ncc(-c3ccc(C(=O)N4CCOCC4)cc3)cc2[nH]1. The highest BCUT2D eigenvalue weighted by molar-refractivity contribution is 5.95. The van der Waals surface area contributed by atoms with Crippen LogP contribution >= 0.6 is 0 Å². The van der Waals surface area contributed by atoms with Gasteiger partial charge in [-0.25, -0.2) is 9.97 Å². The minimum absolute atomic E-state index is 0.0598. The van der Waals surface area contributed by atoms with Gasteiger partial charge >= 0.3 is 0 Å². The summed E-state index contributed by atoms with van der Waals surface area (Å²) in [4.78, 5) is 26.5. The van der Waals surface area contributed by atoms with Crippen molar-refractivity contribution in [2.24, 2.45) is 0 Å². The Morgan fingerprint density at radius 2 is 1.96 bits per heavy atom. The first-order chi connectivity index (χ1) is 12.2. The quantitative estimate of drug-likeness (QED) is 0.798. The van der Waals surface area contributed by atoms with Crippen molar-refractivity contribution in [3.8, 4) is 11.1 Å². The van der Waals surface area contributed by atoms with Crippen LogP contribution in [0.1, 0.15) is 23.1 Å². The van der Waals surface area contributed by atoms with Gasteiger partial charge in [-0.2, -0.15) is 0 Å². The van der Waals surface area contributed by atoms with E-state index in [-0.39, 0.29) is 5.91 Å². The summed E-state index contributed by atoms with van der Waals surface area (Å²) >= 11 is 0. The molecular weight excluding hydrogens is 316 g/mol. The summed E-state index contributed by atoms with van der Waals surface area (Å²) in [5.74, 6) is 0.996. The molecule has 3 aromatic rings. The molecule has 0 saturated carbocycles. The predicted molar refractivity (Wildman–Crippen MR) is 95.4 cm³/mol. The molecule has 128 valence electrons. The van der Waals surface area contributed by atoms with E-state index >= 15 is 0 Å². The molecule has 4 rings (SSSR count). The first-order valence-electron chi connectivity index (χ1n) is 8.56. The summed E-state index contributed by atoms with van der Waals surface area (Å²) in [6.45, 7) is 4.59. The highest BCUT2D eigenvalue weighted by Crippen LogP contribution is 2.23. The van der Waals surface area contributed by atoms with Crippen molar-refractivity contribution < 1.29 is 9.53 Å². The topological polar surface area (TPSA) is 71.1 Å². The molecule has 6 heteroatoms. The second-order valence-corrected chi connectivity index (χ2v) is 6.11. The lowest BCUT2D eigenvalue weighted by atomic mass is 10.0. The molecular formula is C19H20N4O2. The molecule has 1 saturated heterocycles. The maximum Gasteiger partial charge on any atom is 0.254 e. The molecule has 0 radical (unpaired) electrons. The second-order valence-electron chi connectivity index (χ2n) is 6.11. The van der Waals surface area contributed by atoms with Gasteiger partial charge in [-0.15, -0.1) is 0 Å². The molecule has 0 aliphatic carbocycles. The van der Waals surface area contributed by atoms with E-state index < -0.39 is 0 Å². The van der Waals surface area contributed by atoms with E-state index in [0.29, 0.717) is 31.9 Å². The fourth-order valence-electron chi connectivity index (χ4n) is 3.03. The molecule has 3 heterocycles. The first-order valence-corrected chi connectivity index (χ1v) is 8.56. The number of nitrogens with one attached hydrogen (secondary N) is 1. The minimum Gasteiger partial charge on any atom is -0.378 e. The number of nitrogens with zero attached hydrogens (tertiary/aromatic N) is 3. The average molecular weight is 336 g/mol. The summed E-state index contributed by atoms with van der Waals surface area (Å²) in [6, 6.07) is 9.73. The van der Waals surface area contributed by atoms with Gasteiger partial charge in [0.2, 0.25) is 0 Å². The Bertz CT molecular complexity index is 895. The number of pyridine rings is 1. The average Bonchev–Trinajstić information content (AvgIpc) is 3.10. The number of rotatable bonds is 3. The summed E-state index contributed by atoms with van der Waals surface area (Å²) in [6.07, 6.45) is 2.67. The number of carbonyl (C=O) groups is 1. The van der Waals surface area contributed by atoms with E-state index in [0.717, 1.165) is 34.5 Å². The number of H-pyrrole nitrogens is 1. The smallest absolute Gasteiger partial charge is 0.254 e. The number of aromatic amines is 1. The van der Waals surface area contributed by atoms with Crippen molar-refractivity contribution in [1.29, 1.82) is 0 Å². The van der Waals surface area contributed by atoms with Crippen LogP contribution < -0.4 is 0 Å². The standard InChI is InChI=1S/C19H20N4O2/c1-2-17-21-16-11-15(12-20-18(16)22-17)13-3-5-14(6-4-13)19(24)23-7-9-25-10-8-23/h3-6,11-12H,2,7-10H2,1H3,(H,20,21,22). The van der Waals surface area contributed by atoms with Gasteiger partial charge in [0, 0.05) is 36.8 Å². The van der Waals surface area contributed by atoms with E-state index in [1.807, 2.05) is 41.4 Å². The summed E-state index contributed by atoms with van der Waals surface area (Å²) in [5.41, 5.74) is 4.40. The lowest BCUT2D eigenvalue weighted by Gasteiger charge is -2.26. The van der Waals surface area contributed by atoms with Crippen molar-refractivity contribution in [2.45, 2.75) is 13.3 Å². The lowest BCUT2D eigenvalue weighted by Crippen LogP contribution is -2.40. The lowest BCUT2D eigenvalue weighted by molar-refractivity contribution is 0.0303. The molecule has 1 fully saturated rings. The van der Waals surface area contributed by atoms with Gasteiger partial charge in [-0.05, 0) is 23.8 Å². The van der Waals surface area contributed by atoms with Gasteiger partial charge in [0.05, 0.1) is 18.7 Å². The third-order valence-electron chi connectivity index (χ3n) is 4.48. The third-order valence-corrected chi connectivity index (χ3v) is 4.48. The number of aromatic nitrogens is 3. The summed E-state index contributed by atoms with van der Waals surface area (Å²) in [5, 5.41) is 0. The van der Waals surface area contributed by atoms with Crippen LogP contribution in [0, 0.1) is 0 Å². The first kappa shape index (κ1) is 15.8.